The third-order valence-corrected chi connectivity index (χ3v) is 9.32. The number of nitrogens with zero attached hydrogens (tertiary/aromatic N) is 4. The lowest BCUT2D eigenvalue weighted by Gasteiger charge is -2.12. The summed E-state index contributed by atoms with van der Waals surface area (Å²) < 4.78 is 58.2. The molecule has 0 spiro atoms. The number of ether oxygens (including phenoxy) is 1. The predicted molar refractivity (Wildman–Crippen MR) is 175 cm³/mol. The molecule has 0 amide bonds. The van der Waals surface area contributed by atoms with Crippen LogP contribution in [-0.2, 0) is 20.0 Å². The van der Waals surface area contributed by atoms with Crippen LogP contribution in [0.2, 0.25) is 0 Å². The molecule has 4 rings (SSSR count). The van der Waals surface area contributed by atoms with Gasteiger partial charge >= 0.3 is 0 Å². The fraction of sp³-hybridized carbons (Fsp3) is 0.172. The molecule has 0 aliphatic rings. The number of sulfonamides is 2. The Hall–Kier alpha value is -4.90. The Kier molecular flexibility index (Phi) is 10.5. The molecule has 1 aromatic heterocycles. The molecule has 0 aliphatic heterocycles. The molecule has 45 heavy (non-hydrogen) atoms. The SMILES string of the molecule is CNS(=O)(=O)c1ccc(C(C)=NNc2cc(NN=C(C)c3ccc(S(=O)(=O)NC)cc3)nc(Nc3ccccc3OC)n2)cc1. The smallest absolute Gasteiger partial charge is 0.240 e. The summed E-state index contributed by atoms with van der Waals surface area (Å²) in [6.07, 6.45) is 0. The van der Waals surface area contributed by atoms with E-state index in [0.29, 0.717) is 45.6 Å². The van der Waals surface area contributed by atoms with Gasteiger partial charge in [0.25, 0.3) is 0 Å². The van der Waals surface area contributed by atoms with E-state index in [-0.39, 0.29) is 15.7 Å². The largest absolute Gasteiger partial charge is 0.495 e. The Balaban J connectivity index is 1.61. The molecule has 0 saturated heterocycles. The molecule has 14 nitrogen and oxygen atoms in total. The Labute approximate surface area is 262 Å². The van der Waals surface area contributed by atoms with Crippen molar-refractivity contribution in [2.45, 2.75) is 23.6 Å². The zero-order chi connectivity index (χ0) is 32.6. The van der Waals surface area contributed by atoms with Crippen molar-refractivity contribution in [3.8, 4) is 5.75 Å². The van der Waals surface area contributed by atoms with Gasteiger partial charge in [0.05, 0.1) is 34.0 Å². The van der Waals surface area contributed by atoms with Crippen molar-refractivity contribution in [2.24, 2.45) is 10.2 Å². The Morgan fingerprint density at radius 3 is 1.56 bits per heavy atom. The van der Waals surface area contributed by atoms with E-state index in [1.54, 1.807) is 57.4 Å². The van der Waals surface area contributed by atoms with Gasteiger partial charge in [-0.15, -0.1) is 0 Å². The second kappa shape index (κ2) is 14.3. The summed E-state index contributed by atoms with van der Waals surface area (Å²) in [5.41, 5.74) is 9.04. The van der Waals surface area contributed by atoms with Crippen LogP contribution in [-0.4, -0.2) is 59.4 Å². The summed E-state index contributed by atoms with van der Waals surface area (Å²) in [7, 11) is -2.85. The normalized spacial score (nSPS) is 12.5. The van der Waals surface area contributed by atoms with Gasteiger partial charge in [-0.2, -0.15) is 20.2 Å². The Bertz CT molecular complexity index is 1820. The number of para-hydroxylation sites is 2. The number of rotatable bonds is 13. The first-order chi connectivity index (χ1) is 21.5. The second-order valence-electron chi connectivity index (χ2n) is 9.37. The molecule has 0 radical (unpaired) electrons. The lowest BCUT2D eigenvalue weighted by molar-refractivity contribution is 0.417. The highest BCUT2D eigenvalue weighted by Crippen LogP contribution is 2.27. The van der Waals surface area contributed by atoms with Crippen molar-refractivity contribution in [3.63, 3.8) is 0 Å². The van der Waals surface area contributed by atoms with Gasteiger partial charge in [0.2, 0.25) is 26.0 Å². The van der Waals surface area contributed by atoms with Crippen LogP contribution in [0.15, 0.2) is 98.9 Å². The average Bonchev–Trinajstić information content (AvgIpc) is 3.06. The number of methoxy groups -OCH3 is 1. The molecule has 0 bridgehead atoms. The van der Waals surface area contributed by atoms with Gasteiger partial charge in [0.1, 0.15) is 5.75 Å². The summed E-state index contributed by atoms with van der Waals surface area (Å²) in [5.74, 6) is 1.46. The van der Waals surface area contributed by atoms with Crippen molar-refractivity contribution < 1.29 is 21.6 Å². The fourth-order valence-corrected chi connectivity index (χ4v) is 5.34. The molecule has 0 fully saturated rings. The van der Waals surface area contributed by atoms with Gasteiger partial charge in [-0.05, 0) is 75.5 Å². The summed E-state index contributed by atoms with van der Waals surface area (Å²) in [6, 6.07) is 21.5. The van der Waals surface area contributed by atoms with E-state index in [4.69, 9.17) is 4.74 Å². The average molecular weight is 652 g/mol. The molecule has 5 N–H and O–H groups in total. The maximum atomic E-state index is 12.0. The van der Waals surface area contributed by atoms with E-state index >= 15 is 0 Å². The van der Waals surface area contributed by atoms with Crippen molar-refractivity contribution in [3.05, 3.63) is 90.0 Å². The molecule has 0 atom stereocenters. The van der Waals surface area contributed by atoms with Gasteiger partial charge in [-0.1, -0.05) is 36.4 Å². The summed E-state index contributed by atoms with van der Waals surface area (Å²) >= 11 is 0. The van der Waals surface area contributed by atoms with Gasteiger partial charge < -0.3 is 10.1 Å². The second-order valence-corrected chi connectivity index (χ2v) is 13.1. The quantitative estimate of drug-likeness (QED) is 0.105. The minimum atomic E-state index is -3.56. The van der Waals surface area contributed by atoms with Crippen LogP contribution < -0.4 is 30.3 Å². The Morgan fingerprint density at radius 1 is 0.689 bits per heavy atom. The predicted octanol–water partition coefficient (Wildman–Crippen LogP) is 3.72. The van der Waals surface area contributed by atoms with Gasteiger partial charge in [0.15, 0.2) is 11.6 Å². The highest BCUT2D eigenvalue weighted by molar-refractivity contribution is 7.89. The van der Waals surface area contributed by atoms with Crippen LogP contribution in [0, 0.1) is 0 Å². The molecule has 16 heteroatoms. The fourth-order valence-electron chi connectivity index (χ4n) is 3.88. The van der Waals surface area contributed by atoms with Crippen LogP contribution in [0.5, 0.6) is 5.75 Å². The van der Waals surface area contributed by atoms with Gasteiger partial charge in [-0.3, -0.25) is 10.9 Å². The molecule has 0 saturated carbocycles. The van der Waals surface area contributed by atoms with E-state index in [1.807, 2.05) is 18.2 Å². The topological polar surface area (TPSA) is 188 Å². The van der Waals surface area contributed by atoms with E-state index in [9.17, 15) is 16.8 Å². The van der Waals surface area contributed by atoms with Crippen molar-refractivity contribution in [1.82, 2.24) is 19.4 Å². The van der Waals surface area contributed by atoms with Crippen LogP contribution in [0.3, 0.4) is 0 Å². The third-order valence-electron chi connectivity index (χ3n) is 6.46. The molecular formula is C29H33N9O5S2. The molecular weight excluding hydrogens is 619 g/mol. The number of nitrogens with one attached hydrogen (secondary N) is 5. The first-order valence-electron chi connectivity index (χ1n) is 13.4. The molecule has 0 unspecified atom stereocenters. The van der Waals surface area contributed by atoms with Gasteiger partial charge in [-0.25, -0.2) is 26.3 Å². The molecule has 0 aliphatic carbocycles. The number of hydrogen-bond donors (Lipinski definition) is 5. The third kappa shape index (κ3) is 8.39. The van der Waals surface area contributed by atoms with Crippen LogP contribution in [0.25, 0.3) is 0 Å². The van der Waals surface area contributed by atoms with Crippen molar-refractivity contribution in [2.75, 3.05) is 37.4 Å². The van der Waals surface area contributed by atoms with Crippen molar-refractivity contribution >= 4 is 54.7 Å². The highest BCUT2D eigenvalue weighted by atomic mass is 32.2. The lowest BCUT2D eigenvalue weighted by atomic mass is 10.1. The number of anilines is 4. The molecule has 4 aromatic rings. The molecule has 236 valence electrons. The summed E-state index contributed by atoms with van der Waals surface area (Å²) in [4.78, 5) is 9.32. The van der Waals surface area contributed by atoms with E-state index in [0.717, 1.165) is 0 Å². The zero-order valence-corrected chi connectivity index (χ0v) is 26.8. The highest BCUT2D eigenvalue weighted by Gasteiger charge is 2.13. The Morgan fingerprint density at radius 2 is 1.13 bits per heavy atom. The van der Waals surface area contributed by atoms with E-state index in [2.05, 4.69) is 45.8 Å². The first-order valence-corrected chi connectivity index (χ1v) is 16.4. The number of aromatic nitrogens is 2. The monoisotopic (exact) mass is 651 g/mol. The zero-order valence-electron chi connectivity index (χ0n) is 25.2. The van der Waals surface area contributed by atoms with Crippen LogP contribution >= 0.6 is 0 Å². The summed E-state index contributed by atoms with van der Waals surface area (Å²) in [5, 5.41) is 12.0. The lowest BCUT2D eigenvalue weighted by Crippen LogP contribution is -2.18. The minimum Gasteiger partial charge on any atom is -0.495 e. The molecule has 3 aromatic carbocycles. The first kappa shape index (κ1) is 33.0. The van der Waals surface area contributed by atoms with E-state index < -0.39 is 20.0 Å². The number of benzene rings is 3. The standard InChI is InChI=1S/C29H33N9O5S2/c1-19(21-10-14-23(15-11-21)44(39,40)30-3)35-37-27-18-28(34-29(33-27)32-25-8-6-7-9-26(25)43-5)38-36-20(2)22-12-16-24(17-13-22)45(41,42)31-4/h6-18,30-31H,1-5H3,(H3,32,33,34,37,38). The summed E-state index contributed by atoms with van der Waals surface area (Å²) in [6.45, 7) is 3.54. The van der Waals surface area contributed by atoms with Crippen LogP contribution in [0.4, 0.5) is 23.3 Å². The minimum absolute atomic E-state index is 0.142. The van der Waals surface area contributed by atoms with Gasteiger partial charge in [0, 0.05) is 6.07 Å². The maximum absolute atomic E-state index is 12.0. The van der Waals surface area contributed by atoms with E-state index in [1.165, 1.54) is 38.4 Å². The molecule has 1 heterocycles. The van der Waals surface area contributed by atoms with Crippen LogP contribution in [0.1, 0.15) is 25.0 Å². The number of hydrazone groups is 2. The maximum Gasteiger partial charge on any atom is 0.240 e. The van der Waals surface area contributed by atoms with Crippen molar-refractivity contribution in [1.29, 1.82) is 0 Å². The number of hydrogen-bond acceptors (Lipinski definition) is 12.